The van der Waals surface area contributed by atoms with Crippen LogP contribution in [-0.4, -0.2) is 13.5 Å². The summed E-state index contributed by atoms with van der Waals surface area (Å²) < 4.78 is 29.6. The number of halogens is 1. The molecule has 0 heterocycles. The van der Waals surface area contributed by atoms with E-state index in [0.29, 0.717) is 10.1 Å². The summed E-state index contributed by atoms with van der Waals surface area (Å²) in [5.41, 5.74) is 1.73. The zero-order chi connectivity index (χ0) is 18.6. The van der Waals surface area contributed by atoms with E-state index in [1.807, 2.05) is 49.4 Å². The van der Waals surface area contributed by atoms with Gasteiger partial charge in [-0.15, -0.1) is 0 Å². The predicted molar refractivity (Wildman–Crippen MR) is 109 cm³/mol. The summed E-state index contributed by atoms with van der Waals surface area (Å²) in [6, 6.07) is 23.1. The lowest BCUT2D eigenvalue weighted by molar-refractivity contribution is 0.598. The quantitative estimate of drug-likeness (QED) is 0.326. The van der Waals surface area contributed by atoms with Gasteiger partial charge in [-0.25, -0.2) is 0 Å². The average molecular weight is 402 g/mol. The molecular weight excluding hydrogens is 386 g/mol. The Labute approximate surface area is 162 Å². The lowest BCUT2D eigenvalue weighted by Crippen LogP contribution is -2.04. The molecule has 0 saturated carbocycles. The fourth-order valence-corrected chi connectivity index (χ4v) is 4.43. The van der Waals surface area contributed by atoms with Crippen LogP contribution in [0, 0.1) is 6.92 Å². The Morgan fingerprint density at radius 1 is 0.885 bits per heavy atom. The maximum absolute atomic E-state index is 12.7. The second kappa shape index (κ2) is 8.08. The topological polar surface area (TPSA) is 46.5 Å². The van der Waals surface area contributed by atoms with E-state index in [-0.39, 0.29) is 4.90 Å². The highest BCUT2D eigenvalue weighted by molar-refractivity contribution is 8.15. The minimum absolute atomic E-state index is 0.174. The molecular formula is C20H16ClNO2S2. The Morgan fingerprint density at radius 3 is 2.12 bits per heavy atom. The van der Waals surface area contributed by atoms with Crippen LogP contribution in [0.2, 0.25) is 5.02 Å². The minimum Gasteiger partial charge on any atom is -0.199 e. The van der Waals surface area contributed by atoms with Crippen LogP contribution in [0.25, 0.3) is 0 Å². The summed E-state index contributed by atoms with van der Waals surface area (Å²) in [5, 5.41) is 1.04. The molecule has 132 valence electrons. The van der Waals surface area contributed by atoms with E-state index >= 15 is 0 Å². The fraction of sp³-hybridized carbons (Fsp3) is 0.0500. The molecule has 0 aliphatic rings. The molecule has 0 aliphatic heterocycles. The van der Waals surface area contributed by atoms with E-state index in [2.05, 4.69) is 4.40 Å². The molecule has 0 fully saturated rings. The third-order valence-electron chi connectivity index (χ3n) is 3.57. The number of hydrogen-bond acceptors (Lipinski definition) is 3. The van der Waals surface area contributed by atoms with Crippen LogP contribution in [0.5, 0.6) is 0 Å². The van der Waals surface area contributed by atoms with E-state index in [4.69, 9.17) is 11.6 Å². The molecule has 3 aromatic rings. The van der Waals surface area contributed by atoms with Gasteiger partial charge in [0.05, 0.1) is 4.90 Å². The van der Waals surface area contributed by atoms with Crippen molar-refractivity contribution in [2.24, 2.45) is 4.40 Å². The van der Waals surface area contributed by atoms with Gasteiger partial charge < -0.3 is 0 Å². The number of rotatable bonds is 4. The van der Waals surface area contributed by atoms with Crippen molar-refractivity contribution in [1.82, 2.24) is 0 Å². The zero-order valence-corrected chi connectivity index (χ0v) is 16.4. The molecule has 0 aromatic heterocycles. The fourth-order valence-electron chi connectivity index (χ4n) is 2.20. The number of nitrogens with zero attached hydrogens (tertiary/aromatic N) is 1. The molecule has 0 bridgehead atoms. The van der Waals surface area contributed by atoms with Crippen molar-refractivity contribution in [3.05, 3.63) is 95.0 Å². The molecule has 6 heteroatoms. The molecule has 3 nitrogen and oxygen atoms in total. The van der Waals surface area contributed by atoms with Crippen molar-refractivity contribution >= 4 is 38.4 Å². The molecule has 0 spiro atoms. The number of aryl methyl sites for hydroxylation is 1. The van der Waals surface area contributed by atoms with Crippen LogP contribution in [0.15, 0.2) is 93.1 Å². The number of thioether (sulfide) groups is 1. The summed E-state index contributed by atoms with van der Waals surface area (Å²) in [4.78, 5) is 1.03. The Morgan fingerprint density at radius 2 is 1.50 bits per heavy atom. The van der Waals surface area contributed by atoms with Gasteiger partial charge in [0.1, 0.15) is 5.04 Å². The van der Waals surface area contributed by atoms with E-state index in [0.717, 1.165) is 16.0 Å². The van der Waals surface area contributed by atoms with E-state index in [1.165, 1.54) is 11.8 Å². The van der Waals surface area contributed by atoms with Crippen LogP contribution < -0.4 is 0 Å². The van der Waals surface area contributed by atoms with Crippen LogP contribution in [0.1, 0.15) is 11.1 Å². The highest BCUT2D eigenvalue weighted by Crippen LogP contribution is 2.27. The SMILES string of the molecule is Cc1ccc(S(=O)(=O)/N=C(/Sc2ccc(Cl)cc2)c2ccccc2)cc1. The first kappa shape index (κ1) is 18.7. The van der Waals surface area contributed by atoms with E-state index in [9.17, 15) is 8.42 Å². The predicted octanol–water partition coefficient (Wildman–Crippen LogP) is 5.58. The molecule has 0 radical (unpaired) electrons. The number of sulfonamides is 1. The highest BCUT2D eigenvalue weighted by Gasteiger charge is 2.16. The van der Waals surface area contributed by atoms with Crippen LogP contribution in [0.3, 0.4) is 0 Å². The third-order valence-corrected chi connectivity index (χ3v) is 6.26. The second-order valence-electron chi connectivity index (χ2n) is 5.61. The van der Waals surface area contributed by atoms with Gasteiger partial charge in [-0.2, -0.15) is 12.8 Å². The van der Waals surface area contributed by atoms with Crippen molar-refractivity contribution in [2.75, 3.05) is 0 Å². The van der Waals surface area contributed by atoms with Gasteiger partial charge in [0.2, 0.25) is 0 Å². The van der Waals surface area contributed by atoms with Gasteiger partial charge in [-0.05, 0) is 43.3 Å². The standard InChI is InChI=1S/C20H16ClNO2S2/c1-15-7-13-19(14-8-15)26(23,24)22-20(16-5-3-2-4-6-16)25-18-11-9-17(21)10-12-18/h2-14H,1H3/b22-20+. The van der Waals surface area contributed by atoms with Crippen molar-refractivity contribution < 1.29 is 8.42 Å². The molecule has 0 atom stereocenters. The monoisotopic (exact) mass is 401 g/mol. The molecule has 0 N–H and O–H groups in total. The normalized spacial score (nSPS) is 12.2. The van der Waals surface area contributed by atoms with Crippen molar-refractivity contribution in [2.45, 2.75) is 16.7 Å². The van der Waals surface area contributed by atoms with Gasteiger partial charge in [0, 0.05) is 15.5 Å². The number of benzene rings is 3. The molecule has 3 rings (SSSR count). The zero-order valence-electron chi connectivity index (χ0n) is 14.0. The molecule has 3 aromatic carbocycles. The Balaban J connectivity index is 2.03. The third kappa shape index (κ3) is 4.75. The summed E-state index contributed by atoms with van der Waals surface area (Å²) in [6.45, 7) is 1.91. The smallest absolute Gasteiger partial charge is 0.199 e. The van der Waals surface area contributed by atoms with Crippen LogP contribution in [0.4, 0.5) is 0 Å². The maximum Gasteiger partial charge on any atom is 0.283 e. The maximum atomic E-state index is 12.7. The van der Waals surface area contributed by atoms with E-state index in [1.54, 1.807) is 36.4 Å². The van der Waals surface area contributed by atoms with Crippen LogP contribution in [-0.2, 0) is 10.0 Å². The lowest BCUT2D eigenvalue weighted by atomic mass is 10.2. The lowest BCUT2D eigenvalue weighted by Gasteiger charge is -2.08. The van der Waals surface area contributed by atoms with Gasteiger partial charge in [-0.1, -0.05) is 71.4 Å². The molecule has 0 saturated heterocycles. The van der Waals surface area contributed by atoms with Gasteiger partial charge in [0.25, 0.3) is 10.0 Å². The molecule has 0 aliphatic carbocycles. The van der Waals surface area contributed by atoms with Crippen LogP contribution >= 0.6 is 23.4 Å². The first-order chi connectivity index (χ1) is 12.4. The van der Waals surface area contributed by atoms with Gasteiger partial charge in [-0.3, -0.25) is 0 Å². The molecule has 0 amide bonds. The largest absolute Gasteiger partial charge is 0.283 e. The van der Waals surface area contributed by atoms with Gasteiger partial charge >= 0.3 is 0 Å². The average Bonchev–Trinajstić information content (AvgIpc) is 2.64. The van der Waals surface area contributed by atoms with Crippen molar-refractivity contribution in [3.8, 4) is 0 Å². The molecule has 0 unspecified atom stereocenters. The Bertz CT molecular complexity index is 1010. The summed E-state index contributed by atoms with van der Waals surface area (Å²) in [7, 11) is -3.81. The first-order valence-corrected chi connectivity index (χ1v) is 10.5. The summed E-state index contributed by atoms with van der Waals surface area (Å²) in [6.07, 6.45) is 0. The van der Waals surface area contributed by atoms with Gasteiger partial charge in [0.15, 0.2) is 0 Å². The number of hydrogen-bond donors (Lipinski definition) is 0. The Kier molecular flexibility index (Phi) is 5.81. The first-order valence-electron chi connectivity index (χ1n) is 7.84. The summed E-state index contributed by atoms with van der Waals surface area (Å²) >= 11 is 7.22. The Hall–Kier alpha value is -2.08. The summed E-state index contributed by atoms with van der Waals surface area (Å²) in [5.74, 6) is 0. The van der Waals surface area contributed by atoms with Crippen molar-refractivity contribution in [3.63, 3.8) is 0 Å². The highest BCUT2D eigenvalue weighted by atomic mass is 35.5. The minimum atomic E-state index is -3.81. The second-order valence-corrected chi connectivity index (χ2v) is 8.71. The molecule has 26 heavy (non-hydrogen) atoms. The van der Waals surface area contributed by atoms with Crippen molar-refractivity contribution in [1.29, 1.82) is 0 Å². The van der Waals surface area contributed by atoms with E-state index < -0.39 is 10.0 Å².